The summed E-state index contributed by atoms with van der Waals surface area (Å²) in [5.74, 6) is -1.48. The van der Waals surface area contributed by atoms with Gasteiger partial charge in [0, 0.05) is 18.5 Å². The molecular weight excluding hydrogens is 232 g/mol. The molecule has 1 aliphatic rings. The Bertz CT molecular complexity index is 288. The number of carbonyl (C=O) groups is 2. The summed E-state index contributed by atoms with van der Waals surface area (Å²) >= 11 is 0. The van der Waals surface area contributed by atoms with Gasteiger partial charge in [0.15, 0.2) is 0 Å². The highest BCUT2D eigenvalue weighted by molar-refractivity contribution is 5.77. The van der Waals surface area contributed by atoms with Gasteiger partial charge in [-0.25, -0.2) is 0 Å². The van der Waals surface area contributed by atoms with Crippen LogP contribution < -0.4 is 10.6 Å². The van der Waals surface area contributed by atoms with Gasteiger partial charge in [0.05, 0.1) is 5.92 Å². The van der Waals surface area contributed by atoms with Crippen molar-refractivity contribution in [2.24, 2.45) is 5.92 Å². The summed E-state index contributed by atoms with van der Waals surface area (Å²) < 4.78 is 0. The molecule has 0 aromatic rings. The van der Waals surface area contributed by atoms with Crippen LogP contribution in [0, 0.1) is 5.92 Å². The van der Waals surface area contributed by atoms with Gasteiger partial charge in [-0.3, -0.25) is 9.59 Å². The molecular formula is C13H24N2O3. The van der Waals surface area contributed by atoms with Gasteiger partial charge in [-0.2, -0.15) is 0 Å². The number of hydrogen-bond acceptors (Lipinski definition) is 3. The average Bonchev–Trinajstić information content (AvgIpc) is 2.36. The van der Waals surface area contributed by atoms with E-state index in [1.165, 1.54) is 12.8 Å². The minimum Gasteiger partial charge on any atom is -0.481 e. The van der Waals surface area contributed by atoms with Gasteiger partial charge in [-0.05, 0) is 39.7 Å². The first kappa shape index (κ1) is 15.0. The Kier molecular flexibility index (Phi) is 6.12. The summed E-state index contributed by atoms with van der Waals surface area (Å²) in [6.45, 7) is 4.38. The first-order chi connectivity index (χ1) is 8.50. The van der Waals surface area contributed by atoms with Crippen LogP contribution >= 0.6 is 0 Å². The van der Waals surface area contributed by atoms with Crippen molar-refractivity contribution in [3.05, 3.63) is 0 Å². The van der Waals surface area contributed by atoms with Crippen LogP contribution in [0.15, 0.2) is 0 Å². The lowest BCUT2D eigenvalue weighted by molar-refractivity contribution is -0.142. The molecule has 1 aliphatic heterocycles. The predicted molar refractivity (Wildman–Crippen MR) is 69.3 cm³/mol. The molecule has 1 amide bonds. The quantitative estimate of drug-likeness (QED) is 0.666. The highest BCUT2D eigenvalue weighted by Gasteiger charge is 2.21. The van der Waals surface area contributed by atoms with E-state index in [1.807, 2.05) is 0 Å². The largest absolute Gasteiger partial charge is 0.481 e. The summed E-state index contributed by atoms with van der Waals surface area (Å²) in [4.78, 5) is 22.5. The zero-order chi connectivity index (χ0) is 13.5. The maximum absolute atomic E-state index is 11.7. The molecule has 5 nitrogen and oxygen atoms in total. The van der Waals surface area contributed by atoms with E-state index in [0.717, 1.165) is 19.4 Å². The normalized spacial score (nSPS) is 23.1. The van der Waals surface area contributed by atoms with Gasteiger partial charge in [0.1, 0.15) is 0 Å². The van der Waals surface area contributed by atoms with Gasteiger partial charge in [-0.15, -0.1) is 0 Å². The smallest absolute Gasteiger partial charge is 0.308 e. The lowest BCUT2D eigenvalue weighted by Crippen LogP contribution is -2.41. The van der Waals surface area contributed by atoms with Crippen molar-refractivity contribution >= 4 is 11.9 Å². The summed E-state index contributed by atoms with van der Waals surface area (Å²) in [5.41, 5.74) is 0. The Morgan fingerprint density at radius 3 is 2.67 bits per heavy atom. The molecule has 0 aliphatic carbocycles. The standard InChI is InChI=1S/C13H24N2O3/c1-9(13(17)18)10(2)15-12(16)7-6-11-5-3-4-8-14-11/h9-11,14H,3-8H2,1-2H3,(H,15,16)(H,17,18). The molecule has 3 N–H and O–H groups in total. The fourth-order valence-electron chi connectivity index (χ4n) is 2.14. The number of carbonyl (C=O) groups excluding carboxylic acids is 1. The topological polar surface area (TPSA) is 78.4 Å². The Labute approximate surface area is 108 Å². The van der Waals surface area contributed by atoms with Crippen LogP contribution in [-0.2, 0) is 9.59 Å². The number of amides is 1. The third-order valence-corrected chi connectivity index (χ3v) is 3.66. The number of nitrogens with one attached hydrogen (secondary N) is 2. The number of carboxylic acids is 1. The summed E-state index contributed by atoms with van der Waals surface area (Å²) in [5, 5.41) is 15.0. The van der Waals surface area contributed by atoms with Crippen LogP contribution in [-0.4, -0.2) is 35.6 Å². The van der Waals surface area contributed by atoms with Crippen molar-refractivity contribution in [3.8, 4) is 0 Å². The van der Waals surface area contributed by atoms with E-state index >= 15 is 0 Å². The molecule has 1 rings (SSSR count). The molecule has 1 heterocycles. The predicted octanol–water partition coefficient (Wildman–Crippen LogP) is 1.13. The first-order valence-corrected chi connectivity index (χ1v) is 6.76. The van der Waals surface area contributed by atoms with E-state index in [2.05, 4.69) is 10.6 Å². The van der Waals surface area contributed by atoms with Crippen LogP contribution in [0.4, 0.5) is 0 Å². The molecule has 0 bridgehead atoms. The van der Waals surface area contributed by atoms with E-state index < -0.39 is 11.9 Å². The SMILES string of the molecule is CC(NC(=O)CCC1CCCCN1)C(C)C(=O)O. The second-order valence-electron chi connectivity index (χ2n) is 5.17. The Hall–Kier alpha value is -1.10. The Balaban J connectivity index is 2.22. The van der Waals surface area contributed by atoms with Crippen LogP contribution in [0.2, 0.25) is 0 Å². The van der Waals surface area contributed by atoms with Crippen LogP contribution in [0.5, 0.6) is 0 Å². The molecule has 1 fully saturated rings. The van der Waals surface area contributed by atoms with Crippen molar-refractivity contribution < 1.29 is 14.7 Å². The number of rotatable bonds is 6. The van der Waals surface area contributed by atoms with Crippen LogP contribution in [0.25, 0.3) is 0 Å². The Morgan fingerprint density at radius 2 is 2.11 bits per heavy atom. The number of carboxylic acid groups (broad SMARTS) is 1. The number of piperidine rings is 1. The van der Waals surface area contributed by atoms with Gasteiger partial charge < -0.3 is 15.7 Å². The summed E-state index contributed by atoms with van der Waals surface area (Å²) in [7, 11) is 0. The molecule has 104 valence electrons. The average molecular weight is 256 g/mol. The molecule has 18 heavy (non-hydrogen) atoms. The molecule has 3 atom stereocenters. The fourth-order valence-corrected chi connectivity index (χ4v) is 2.14. The third kappa shape index (κ3) is 5.04. The molecule has 0 aromatic heterocycles. The molecule has 0 spiro atoms. The highest BCUT2D eigenvalue weighted by Crippen LogP contribution is 2.12. The van der Waals surface area contributed by atoms with Gasteiger partial charge in [-0.1, -0.05) is 6.42 Å². The number of hydrogen-bond donors (Lipinski definition) is 3. The molecule has 3 unspecified atom stereocenters. The molecule has 1 saturated heterocycles. The highest BCUT2D eigenvalue weighted by atomic mass is 16.4. The van der Waals surface area contributed by atoms with E-state index in [0.29, 0.717) is 12.5 Å². The van der Waals surface area contributed by atoms with Gasteiger partial charge in [0.25, 0.3) is 0 Å². The van der Waals surface area contributed by atoms with Gasteiger partial charge >= 0.3 is 5.97 Å². The minimum atomic E-state index is -0.878. The monoisotopic (exact) mass is 256 g/mol. The van der Waals surface area contributed by atoms with E-state index in [-0.39, 0.29) is 11.9 Å². The molecule has 0 aromatic carbocycles. The van der Waals surface area contributed by atoms with Gasteiger partial charge in [0.2, 0.25) is 5.91 Å². The maximum Gasteiger partial charge on any atom is 0.308 e. The zero-order valence-corrected chi connectivity index (χ0v) is 11.2. The van der Waals surface area contributed by atoms with Crippen molar-refractivity contribution in [3.63, 3.8) is 0 Å². The third-order valence-electron chi connectivity index (χ3n) is 3.66. The minimum absolute atomic E-state index is 0.0528. The van der Waals surface area contributed by atoms with Crippen LogP contribution in [0.1, 0.15) is 46.0 Å². The molecule has 0 saturated carbocycles. The van der Waals surface area contributed by atoms with E-state index in [1.54, 1.807) is 13.8 Å². The lowest BCUT2D eigenvalue weighted by atomic mass is 10.00. The van der Waals surface area contributed by atoms with Crippen molar-refractivity contribution in [2.75, 3.05) is 6.54 Å². The van der Waals surface area contributed by atoms with Crippen molar-refractivity contribution in [2.45, 2.75) is 58.0 Å². The van der Waals surface area contributed by atoms with E-state index in [9.17, 15) is 9.59 Å². The summed E-state index contributed by atoms with van der Waals surface area (Å²) in [6, 6.07) is 0.117. The van der Waals surface area contributed by atoms with E-state index in [4.69, 9.17) is 5.11 Å². The van der Waals surface area contributed by atoms with Crippen molar-refractivity contribution in [1.82, 2.24) is 10.6 Å². The molecule has 5 heteroatoms. The first-order valence-electron chi connectivity index (χ1n) is 6.76. The second kappa shape index (κ2) is 7.36. The fraction of sp³-hybridized carbons (Fsp3) is 0.846. The van der Waals surface area contributed by atoms with Crippen molar-refractivity contribution in [1.29, 1.82) is 0 Å². The maximum atomic E-state index is 11.7. The lowest BCUT2D eigenvalue weighted by Gasteiger charge is -2.23. The molecule has 0 radical (unpaired) electrons. The number of aliphatic carboxylic acids is 1. The summed E-state index contributed by atoms with van der Waals surface area (Å²) in [6.07, 6.45) is 4.88. The zero-order valence-electron chi connectivity index (χ0n) is 11.2. The Morgan fingerprint density at radius 1 is 1.39 bits per heavy atom. The van der Waals surface area contributed by atoms with Crippen LogP contribution in [0.3, 0.4) is 0 Å². The second-order valence-corrected chi connectivity index (χ2v) is 5.17.